The van der Waals surface area contributed by atoms with E-state index in [-0.39, 0.29) is 29.9 Å². The van der Waals surface area contributed by atoms with Crippen molar-refractivity contribution in [2.24, 2.45) is 11.7 Å². The molecule has 0 radical (unpaired) electrons. The fourth-order valence-electron chi connectivity index (χ4n) is 3.27. The Hall–Kier alpha value is -1.32. The highest BCUT2D eigenvalue weighted by Gasteiger charge is 2.43. The zero-order chi connectivity index (χ0) is 16.3. The first kappa shape index (κ1) is 9.56. The van der Waals surface area contributed by atoms with Crippen LogP contribution in [0.5, 0.6) is 0 Å². The number of halogens is 1. The lowest BCUT2D eigenvalue weighted by Gasteiger charge is -2.45. The monoisotopic (exact) mass is 282 g/mol. The van der Waals surface area contributed by atoms with Crippen LogP contribution in [0.25, 0.3) is 0 Å². The van der Waals surface area contributed by atoms with Crippen molar-refractivity contribution in [1.82, 2.24) is 4.98 Å². The van der Waals surface area contributed by atoms with Crippen molar-refractivity contribution in [2.45, 2.75) is 32.2 Å². The highest BCUT2D eigenvalue weighted by atomic mass is 35.5. The van der Waals surface area contributed by atoms with Gasteiger partial charge in [-0.15, -0.1) is 12.4 Å². The molecule has 2 aliphatic carbocycles. The fourth-order valence-corrected chi connectivity index (χ4v) is 3.27. The molecule has 0 fully saturated rings. The highest BCUT2D eigenvalue weighted by molar-refractivity contribution is 5.85. The molecule has 0 saturated carbocycles. The smallest absolute Gasteiger partial charge is 0.248 e. The first-order valence-corrected chi connectivity index (χ1v) is 6.03. The summed E-state index contributed by atoms with van der Waals surface area (Å²) in [5.41, 5.74) is 8.36. The molecule has 0 unspecified atom stereocenters. The fraction of sp³-hybridized carbons (Fsp3) is 0.400. The summed E-state index contributed by atoms with van der Waals surface area (Å²) in [6.45, 7) is -0.530. The summed E-state index contributed by atoms with van der Waals surface area (Å²) in [4.78, 5) is 14.4. The first-order chi connectivity index (χ1) is 10.1. The van der Waals surface area contributed by atoms with Crippen molar-refractivity contribution in [3.05, 3.63) is 57.0 Å². The number of aromatic nitrogens is 1. The van der Waals surface area contributed by atoms with Crippen LogP contribution in [0.3, 0.4) is 0 Å². The van der Waals surface area contributed by atoms with Crippen LogP contribution in [-0.2, 0) is 12.0 Å². The molecule has 102 valence electrons. The van der Waals surface area contributed by atoms with Crippen LogP contribution in [0, 0.1) is 5.92 Å². The summed E-state index contributed by atoms with van der Waals surface area (Å²) in [5.74, 6) is -0.253. The Morgan fingerprint density at radius 1 is 1.63 bits per heavy atom. The van der Waals surface area contributed by atoms with E-state index in [2.05, 4.69) is 4.98 Å². The van der Waals surface area contributed by atoms with E-state index in [1.807, 2.05) is 13.0 Å². The number of fused-ring (bicyclic) bond motifs is 4. The number of nitrogens with one attached hydrogen (secondary N) is 1. The summed E-state index contributed by atoms with van der Waals surface area (Å²) in [6, 6.07) is 2.69. The second-order valence-electron chi connectivity index (χ2n) is 5.23. The molecular weight excluding hydrogens is 260 g/mol. The number of pyridine rings is 1. The molecular formula is C15H19ClN2O. The summed E-state index contributed by atoms with van der Waals surface area (Å²) < 4.78 is 30.8. The molecule has 1 aromatic rings. The van der Waals surface area contributed by atoms with E-state index in [0.29, 0.717) is 18.4 Å². The molecule has 2 aliphatic rings. The molecule has 0 amide bonds. The molecule has 0 aromatic carbocycles. The van der Waals surface area contributed by atoms with Gasteiger partial charge in [0, 0.05) is 21.8 Å². The maximum absolute atomic E-state index is 11.6. The third kappa shape index (κ3) is 1.97. The van der Waals surface area contributed by atoms with E-state index in [0.717, 1.165) is 16.8 Å². The zero-order valence-electron chi connectivity index (χ0n) is 14.6. The van der Waals surface area contributed by atoms with Crippen LogP contribution < -0.4 is 11.3 Å². The minimum Gasteiger partial charge on any atom is -0.326 e. The van der Waals surface area contributed by atoms with Gasteiger partial charge >= 0.3 is 0 Å². The molecule has 3 N–H and O–H groups in total. The van der Waals surface area contributed by atoms with Crippen molar-refractivity contribution in [2.75, 3.05) is 0 Å². The Morgan fingerprint density at radius 3 is 3.16 bits per heavy atom. The summed E-state index contributed by atoms with van der Waals surface area (Å²) in [5, 5.41) is 0. The van der Waals surface area contributed by atoms with Gasteiger partial charge in [0.15, 0.2) is 0 Å². The zero-order valence-corrected chi connectivity index (χ0v) is 11.4. The van der Waals surface area contributed by atoms with Gasteiger partial charge in [-0.2, -0.15) is 0 Å². The molecule has 19 heavy (non-hydrogen) atoms. The quantitative estimate of drug-likeness (QED) is 0.718. The number of aromatic amines is 1. The van der Waals surface area contributed by atoms with Crippen molar-refractivity contribution < 1.29 is 5.48 Å². The number of H-pyrrole nitrogens is 1. The van der Waals surface area contributed by atoms with Crippen LogP contribution in [0.1, 0.15) is 36.9 Å². The van der Waals surface area contributed by atoms with Crippen LogP contribution in [0.4, 0.5) is 0 Å². The van der Waals surface area contributed by atoms with Crippen LogP contribution in [0.2, 0.25) is 0 Å². The van der Waals surface area contributed by atoms with E-state index >= 15 is 0 Å². The standard InChI is InChI=1S/C15H18N2O.ClH/c1-3-11-10-6-9(2)8-15(11,16)12-4-5-14(18)17-13(12)7-10;/h3-6,10H,7-8,16H2,1-2H3,(H,17,18);1H/b11-3-;/t10-,15+;/m0./s1/i1D3,3D;. The first-order valence-electron chi connectivity index (χ1n) is 8.03. The van der Waals surface area contributed by atoms with Crippen molar-refractivity contribution >= 4 is 12.4 Å². The Bertz CT molecular complexity index is 765. The topological polar surface area (TPSA) is 58.9 Å². The van der Waals surface area contributed by atoms with E-state index in [9.17, 15) is 4.79 Å². The van der Waals surface area contributed by atoms with Gasteiger partial charge in [-0.25, -0.2) is 0 Å². The molecule has 1 heterocycles. The summed E-state index contributed by atoms with van der Waals surface area (Å²) in [6.07, 6.45) is 2.89. The number of rotatable bonds is 0. The third-order valence-electron chi connectivity index (χ3n) is 3.93. The molecule has 4 heteroatoms. The molecule has 3 rings (SSSR count). The minimum atomic E-state index is -2.49. The van der Waals surface area contributed by atoms with Crippen LogP contribution >= 0.6 is 12.4 Å². The van der Waals surface area contributed by atoms with Crippen molar-refractivity contribution in [3.63, 3.8) is 0 Å². The van der Waals surface area contributed by atoms with Gasteiger partial charge in [0.05, 0.1) is 6.91 Å². The molecule has 0 aliphatic heterocycles. The maximum Gasteiger partial charge on any atom is 0.248 e. The second-order valence-corrected chi connectivity index (χ2v) is 5.23. The maximum atomic E-state index is 11.6. The molecule has 0 saturated heterocycles. The number of nitrogens with two attached hydrogens (primary N) is 1. The van der Waals surface area contributed by atoms with Gasteiger partial charge in [-0.1, -0.05) is 17.7 Å². The number of hydrogen-bond donors (Lipinski definition) is 2. The van der Waals surface area contributed by atoms with Gasteiger partial charge in [-0.05, 0) is 43.8 Å². The minimum absolute atomic E-state index is 0. The summed E-state index contributed by atoms with van der Waals surface area (Å²) >= 11 is 0. The largest absolute Gasteiger partial charge is 0.326 e. The Balaban J connectivity index is 0.00000192. The number of hydrogen-bond acceptors (Lipinski definition) is 2. The SMILES string of the molecule is Cl.[2H]/C(=C1\[C@H]2C=C(C)C[C@]1(N)c1ccc(=O)[nH]c1C2)C([2H])([2H])[2H]. The lowest BCUT2D eigenvalue weighted by atomic mass is 9.63. The summed E-state index contributed by atoms with van der Waals surface area (Å²) in [7, 11) is 0. The predicted molar refractivity (Wildman–Crippen MR) is 79.5 cm³/mol. The average molecular weight is 283 g/mol. The van der Waals surface area contributed by atoms with Crippen LogP contribution in [-0.4, -0.2) is 4.98 Å². The molecule has 2 bridgehead atoms. The van der Waals surface area contributed by atoms with Crippen LogP contribution in [0.15, 0.2) is 40.2 Å². The van der Waals surface area contributed by atoms with Crippen molar-refractivity contribution in [3.8, 4) is 0 Å². The third-order valence-corrected chi connectivity index (χ3v) is 3.93. The van der Waals surface area contributed by atoms with Gasteiger partial charge < -0.3 is 10.7 Å². The molecule has 2 atom stereocenters. The average Bonchev–Trinajstić information content (AvgIpc) is 2.35. The Labute approximate surface area is 124 Å². The second kappa shape index (κ2) is 4.66. The number of allylic oxidation sites excluding steroid dienone is 2. The molecule has 3 nitrogen and oxygen atoms in total. The van der Waals surface area contributed by atoms with Gasteiger partial charge in [0.2, 0.25) is 5.56 Å². The van der Waals surface area contributed by atoms with Gasteiger partial charge in [0.25, 0.3) is 0 Å². The molecule has 1 aromatic heterocycles. The van der Waals surface area contributed by atoms with Gasteiger partial charge in [0.1, 0.15) is 0 Å². The molecule has 0 spiro atoms. The normalized spacial score (nSPS) is 34.6. The lowest BCUT2D eigenvalue weighted by molar-refractivity contribution is 0.409. The lowest BCUT2D eigenvalue weighted by Crippen LogP contribution is -2.48. The van der Waals surface area contributed by atoms with Gasteiger partial charge in [-0.3, -0.25) is 4.79 Å². The van der Waals surface area contributed by atoms with Crippen molar-refractivity contribution in [1.29, 1.82) is 0 Å². The highest BCUT2D eigenvalue weighted by Crippen LogP contribution is 2.47. The van der Waals surface area contributed by atoms with E-state index < -0.39 is 12.4 Å². The Kier molecular flexibility index (Phi) is 2.34. The van der Waals surface area contributed by atoms with E-state index in [1.165, 1.54) is 6.07 Å². The van der Waals surface area contributed by atoms with E-state index in [4.69, 9.17) is 11.2 Å². The predicted octanol–water partition coefficient (Wildman–Crippen LogP) is 2.42. The van der Waals surface area contributed by atoms with E-state index in [1.54, 1.807) is 6.07 Å². The Morgan fingerprint density at radius 2 is 2.42 bits per heavy atom.